The second kappa shape index (κ2) is 16.9. The van der Waals surface area contributed by atoms with Crippen LogP contribution in [0.25, 0.3) is 0 Å². The minimum Gasteiger partial charge on any atom is -0.490 e. The lowest BCUT2D eigenvalue weighted by Gasteiger charge is -2.32. The molecular formula is C30H48Cl2N2O4. The maximum Gasteiger partial charge on any atom is 0.134 e. The Balaban J connectivity index is 1.84. The summed E-state index contributed by atoms with van der Waals surface area (Å²) in [5.74, 6) is 1.33. The van der Waals surface area contributed by atoms with E-state index in [1.165, 1.54) is 5.57 Å². The molecule has 0 bridgehead atoms. The number of likely N-dealkylation sites (N-methyl/N-ethyl adjacent to an activating group) is 2. The van der Waals surface area contributed by atoms with Crippen molar-refractivity contribution in [2.75, 3.05) is 58.9 Å². The first kappa shape index (κ1) is 33.1. The van der Waals surface area contributed by atoms with Gasteiger partial charge in [-0.05, 0) is 61.1 Å². The van der Waals surface area contributed by atoms with E-state index in [0.29, 0.717) is 42.9 Å². The number of nitrogens with zero attached hydrogens (tertiary/aromatic N) is 1. The summed E-state index contributed by atoms with van der Waals surface area (Å²) in [6.45, 7) is 13.3. The summed E-state index contributed by atoms with van der Waals surface area (Å²) in [5, 5.41) is 23.8. The molecule has 0 aromatic carbocycles. The average Bonchev–Trinajstić information content (AvgIpc) is 3.03. The van der Waals surface area contributed by atoms with Crippen LogP contribution in [0.15, 0.2) is 58.4 Å². The molecule has 0 fully saturated rings. The highest BCUT2D eigenvalue weighted by Gasteiger charge is 2.28. The molecule has 2 aliphatic rings. The molecule has 0 aromatic rings. The van der Waals surface area contributed by atoms with Gasteiger partial charge in [-0.2, -0.15) is 0 Å². The highest BCUT2D eigenvalue weighted by Crippen LogP contribution is 2.40. The number of hydrogen-bond donors (Lipinski definition) is 3. The van der Waals surface area contributed by atoms with Gasteiger partial charge in [-0.1, -0.05) is 63.6 Å². The van der Waals surface area contributed by atoms with Gasteiger partial charge in [0.1, 0.15) is 18.5 Å². The molecular weight excluding hydrogens is 523 g/mol. The van der Waals surface area contributed by atoms with E-state index in [1.54, 1.807) is 0 Å². The van der Waals surface area contributed by atoms with Gasteiger partial charge in [-0.15, -0.1) is 11.6 Å². The molecule has 8 heteroatoms. The zero-order chi connectivity index (χ0) is 28.1. The Hall–Kier alpha value is -1.12. The van der Waals surface area contributed by atoms with Gasteiger partial charge >= 0.3 is 0 Å². The maximum absolute atomic E-state index is 10.3. The predicted molar refractivity (Wildman–Crippen MR) is 159 cm³/mol. The van der Waals surface area contributed by atoms with Gasteiger partial charge in [-0.25, -0.2) is 0 Å². The molecule has 3 N–H and O–H groups in total. The maximum atomic E-state index is 10.3. The number of aliphatic hydroxyl groups excluding tert-OH is 2. The van der Waals surface area contributed by atoms with Gasteiger partial charge in [0.05, 0.1) is 30.2 Å². The molecule has 4 atom stereocenters. The summed E-state index contributed by atoms with van der Waals surface area (Å²) in [6, 6.07) is 0. The summed E-state index contributed by atoms with van der Waals surface area (Å²) in [6.07, 6.45) is 13.2. The molecule has 216 valence electrons. The van der Waals surface area contributed by atoms with E-state index >= 15 is 0 Å². The third kappa shape index (κ3) is 11.5. The van der Waals surface area contributed by atoms with Crippen LogP contribution in [-0.4, -0.2) is 86.2 Å². The Morgan fingerprint density at radius 2 is 1.97 bits per heavy atom. The Morgan fingerprint density at radius 3 is 2.66 bits per heavy atom. The molecule has 2 aliphatic carbocycles. The fourth-order valence-electron chi connectivity index (χ4n) is 4.62. The van der Waals surface area contributed by atoms with Crippen molar-refractivity contribution in [1.82, 2.24) is 10.2 Å². The first-order chi connectivity index (χ1) is 18.1. The largest absolute Gasteiger partial charge is 0.490 e. The van der Waals surface area contributed by atoms with Crippen LogP contribution >= 0.6 is 23.2 Å². The van der Waals surface area contributed by atoms with Crippen LogP contribution in [0.3, 0.4) is 0 Å². The SMILES string of the molecule is CCNCCN(C)C[C@@H](O)COCC1C=CC(C(C)(C)CC2=CCC=C(OCC(O)CCl)C(Cl)=C2)=CC1C. The van der Waals surface area contributed by atoms with Crippen LogP contribution in [0.4, 0.5) is 0 Å². The molecule has 38 heavy (non-hydrogen) atoms. The van der Waals surface area contributed by atoms with Crippen molar-refractivity contribution >= 4 is 23.2 Å². The second-order valence-electron chi connectivity index (χ2n) is 11.1. The Bertz CT molecular complexity index is 881. The van der Waals surface area contributed by atoms with Gasteiger partial charge in [-0.3, -0.25) is 0 Å². The van der Waals surface area contributed by atoms with Crippen molar-refractivity contribution in [3.63, 3.8) is 0 Å². The zero-order valence-corrected chi connectivity index (χ0v) is 25.3. The minimum atomic E-state index is -0.720. The van der Waals surface area contributed by atoms with E-state index < -0.39 is 12.2 Å². The molecule has 0 aliphatic heterocycles. The molecule has 0 saturated heterocycles. The fraction of sp³-hybridized carbons (Fsp3) is 0.667. The third-order valence-electron chi connectivity index (χ3n) is 6.97. The molecule has 0 saturated carbocycles. The number of nitrogens with one attached hydrogen (secondary N) is 1. The summed E-state index contributed by atoms with van der Waals surface area (Å²) in [4.78, 5) is 2.12. The number of ether oxygens (including phenoxy) is 2. The Kier molecular flexibility index (Phi) is 14.7. The summed E-state index contributed by atoms with van der Waals surface area (Å²) >= 11 is 12.2. The van der Waals surface area contributed by atoms with E-state index in [0.717, 1.165) is 31.6 Å². The van der Waals surface area contributed by atoms with E-state index in [-0.39, 0.29) is 23.8 Å². The van der Waals surface area contributed by atoms with Crippen LogP contribution in [0.5, 0.6) is 0 Å². The first-order valence-corrected chi connectivity index (χ1v) is 14.7. The van der Waals surface area contributed by atoms with Gasteiger partial charge in [0.15, 0.2) is 0 Å². The number of alkyl halides is 1. The second-order valence-corrected chi connectivity index (χ2v) is 11.8. The van der Waals surface area contributed by atoms with Crippen LogP contribution in [-0.2, 0) is 9.47 Å². The summed E-state index contributed by atoms with van der Waals surface area (Å²) in [7, 11) is 2.02. The lowest BCUT2D eigenvalue weighted by atomic mass is 9.73. The number of aliphatic hydroxyl groups is 2. The predicted octanol–water partition coefficient (Wildman–Crippen LogP) is 5.02. The topological polar surface area (TPSA) is 74.2 Å². The van der Waals surface area contributed by atoms with Crippen LogP contribution in [0.1, 0.15) is 40.5 Å². The highest BCUT2D eigenvalue weighted by molar-refractivity contribution is 6.32. The molecule has 0 amide bonds. The molecule has 6 nitrogen and oxygen atoms in total. The van der Waals surface area contributed by atoms with Gasteiger partial charge < -0.3 is 29.9 Å². The number of hydrogen-bond acceptors (Lipinski definition) is 6. The highest BCUT2D eigenvalue weighted by atomic mass is 35.5. The smallest absolute Gasteiger partial charge is 0.134 e. The molecule has 2 rings (SSSR count). The average molecular weight is 572 g/mol. The van der Waals surface area contributed by atoms with Crippen molar-refractivity contribution in [3.8, 4) is 0 Å². The monoisotopic (exact) mass is 570 g/mol. The van der Waals surface area contributed by atoms with E-state index in [4.69, 9.17) is 32.7 Å². The summed E-state index contributed by atoms with van der Waals surface area (Å²) < 4.78 is 11.6. The Labute approximate surface area is 240 Å². The van der Waals surface area contributed by atoms with E-state index in [9.17, 15) is 10.2 Å². The lowest BCUT2D eigenvalue weighted by Crippen LogP contribution is -2.36. The standard InChI is InChI=1S/C30H48Cl2N2O4/c1-6-33-12-13-34(5)18-27(36)20-37-19-24-10-11-25(14-22(24)2)30(3,4)16-23-8-7-9-29(28(32)15-23)38-21-26(35)17-31/h8-11,14-15,22,24,26-27,33,35-36H,6-7,12-13,16-21H2,1-5H3/t22?,24?,26?,27-/m1/s1. The van der Waals surface area contributed by atoms with Crippen molar-refractivity contribution in [2.45, 2.75) is 52.7 Å². The molecule has 0 spiro atoms. The minimum absolute atomic E-state index is 0.0797. The van der Waals surface area contributed by atoms with Crippen molar-refractivity contribution < 1.29 is 19.7 Å². The number of rotatable bonds is 17. The molecule has 0 radical (unpaired) electrons. The lowest BCUT2D eigenvalue weighted by molar-refractivity contribution is 0.00947. The quantitative estimate of drug-likeness (QED) is 0.168. The third-order valence-corrected chi connectivity index (χ3v) is 7.62. The van der Waals surface area contributed by atoms with Gasteiger partial charge in [0, 0.05) is 25.6 Å². The van der Waals surface area contributed by atoms with Crippen LogP contribution < -0.4 is 5.32 Å². The van der Waals surface area contributed by atoms with Gasteiger partial charge in [0.2, 0.25) is 0 Å². The first-order valence-electron chi connectivity index (χ1n) is 13.7. The zero-order valence-electron chi connectivity index (χ0n) is 23.8. The fourth-order valence-corrected chi connectivity index (χ4v) is 4.98. The number of allylic oxidation sites excluding steroid dienone is 8. The Morgan fingerprint density at radius 1 is 1.21 bits per heavy atom. The van der Waals surface area contributed by atoms with Crippen LogP contribution in [0, 0.1) is 17.3 Å². The summed E-state index contributed by atoms with van der Waals surface area (Å²) in [5.41, 5.74) is 2.38. The molecule has 0 heterocycles. The van der Waals surface area contributed by atoms with Crippen molar-refractivity contribution in [1.29, 1.82) is 0 Å². The van der Waals surface area contributed by atoms with E-state index in [1.807, 2.05) is 19.2 Å². The van der Waals surface area contributed by atoms with Crippen molar-refractivity contribution in [2.24, 2.45) is 17.3 Å². The van der Waals surface area contributed by atoms with Gasteiger partial charge in [0.25, 0.3) is 0 Å². The van der Waals surface area contributed by atoms with Crippen LogP contribution in [0.2, 0.25) is 0 Å². The van der Waals surface area contributed by atoms with Crippen molar-refractivity contribution in [3.05, 3.63) is 58.4 Å². The molecule has 3 unspecified atom stereocenters. The number of halogens is 2. The molecule has 0 aromatic heterocycles. The normalized spacial score (nSPS) is 21.8. The van der Waals surface area contributed by atoms with E-state index in [2.05, 4.69) is 62.2 Å².